The number of amides is 1. The standard InChI is InChI=1S/C12H19N5O3/c1-4-6-8(5-2)17-10-9(11(18)19)13-7-16(10)12(20)15(3)14-17/h7-8,14H,4-6H2,1-3H3,(H,18,19). The van der Waals surface area contributed by atoms with Crippen LogP contribution in [0.4, 0.5) is 10.6 Å². The average Bonchev–Trinajstić information content (AvgIpc) is 2.85. The third-order valence-corrected chi connectivity index (χ3v) is 3.38. The molecular weight excluding hydrogens is 262 g/mol. The highest BCUT2D eigenvalue weighted by atomic mass is 16.4. The molecule has 1 amide bonds. The zero-order chi connectivity index (χ0) is 14.9. The van der Waals surface area contributed by atoms with E-state index < -0.39 is 5.97 Å². The molecule has 1 atom stereocenters. The summed E-state index contributed by atoms with van der Waals surface area (Å²) in [5.41, 5.74) is 2.82. The SMILES string of the molecule is CCCC(CC)N1NN(C)C(=O)n2cnc(C(=O)O)c21. The van der Waals surface area contributed by atoms with E-state index >= 15 is 0 Å². The van der Waals surface area contributed by atoms with Crippen LogP contribution in [0.5, 0.6) is 0 Å². The smallest absolute Gasteiger partial charge is 0.358 e. The van der Waals surface area contributed by atoms with Crippen molar-refractivity contribution in [3.8, 4) is 0 Å². The van der Waals surface area contributed by atoms with Crippen LogP contribution in [0.3, 0.4) is 0 Å². The first-order valence-electron chi connectivity index (χ1n) is 6.65. The van der Waals surface area contributed by atoms with Crippen LogP contribution < -0.4 is 10.5 Å². The fourth-order valence-electron chi connectivity index (χ4n) is 2.38. The van der Waals surface area contributed by atoms with E-state index in [1.165, 1.54) is 15.9 Å². The number of carbonyl (C=O) groups excluding carboxylic acids is 1. The lowest BCUT2D eigenvalue weighted by Crippen LogP contribution is -2.60. The average molecular weight is 281 g/mol. The number of carboxylic acids is 1. The fraction of sp³-hybridized carbons (Fsp3) is 0.583. The molecule has 110 valence electrons. The molecule has 0 spiro atoms. The van der Waals surface area contributed by atoms with E-state index in [-0.39, 0.29) is 17.8 Å². The molecule has 0 aromatic carbocycles. The number of carboxylic acid groups (broad SMARTS) is 1. The highest BCUT2D eigenvalue weighted by Crippen LogP contribution is 2.26. The maximum atomic E-state index is 12.0. The van der Waals surface area contributed by atoms with E-state index in [1.807, 2.05) is 6.92 Å². The number of hydrazine groups is 2. The van der Waals surface area contributed by atoms with Crippen LogP contribution in [-0.4, -0.2) is 44.8 Å². The molecule has 2 rings (SSSR count). The van der Waals surface area contributed by atoms with Crippen LogP contribution in [0.15, 0.2) is 6.33 Å². The predicted octanol–water partition coefficient (Wildman–Crippen LogP) is 1.30. The van der Waals surface area contributed by atoms with Gasteiger partial charge in [0.2, 0.25) is 0 Å². The van der Waals surface area contributed by atoms with Gasteiger partial charge >= 0.3 is 12.0 Å². The van der Waals surface area contributed by atoms with Crippen molar-refractivity contribution in [2.45, 2.75) is 39.2 Å². The number of aromatic nitrogens is 2. The van der Waals surface area contributed by atoms with Crippen molar-refractivity contribution in [3.63, 3.8) is 0 Å². The van der Waals surface area contributed by atoms with Gasteiger partial charge in [-0.2, -0.15) is 0 Å². The number of imidazole rings is 1. The number of anilines is 1. The molecule has 20 heavy (non-hydrogen) atoms. The Bertz CT molecular complexity index is 527. The van der Waals surface area contributed by atoms with Gasteiger partial charge in [0.15, 0.2) is 11.5 Å². The number of hydrogen-bond acceptors (Lipinski definition) is 5. The Kier molecular flexibility index (Phi) is 3.93. The van der Waals surface area contributed by atoms with Crippen LogP contribution in [0.1, 0.15) is 43.6 Å². The molecule has 1 aliphatic rings. The summed E-state index contributed by atoms with van der Waals surface area (Å²) in [5.74, 6) is -0.852. The Hall–Kier alpha value is -2.09. The maximum Gasteiger partial charge on any atom is 0.358 e. The highest BCUT2D eigenvalue weighted by molar-refractivity contribution is 5.95. The summed E-state index contributed by atoms with van der Waals surface area (Å²) in [4.78, 5) is 27.2. The third-order valence-electron chi connectivity index (χ3n) is 3.38. The number of nitrogens with zero attached hydrogens (tertiary/aromatic N) is 4. The molecule has 1 aromatic rings. The van der Waals surface area contributed by atoms with Crippen molar-refractivity contribution in [1.29, 1.82) is 0 Å². The monoisotopic (exact) mass is 281 g/mol. The second kappa shape index (κ2) is 5.49. The number of aromatic carboxylic acids is 1. The summed E-state index contributed by atoms with van der Waals surface area (Å²) in [7, 11) is 1.59. The van der Waals surface area contributed by atoms with Gasteiger partial charge in [-0.15, -0.1) is 5.53 Å². The highest BCUT2D eigenvalue weighted by Gasteiger charge is 2.35. The Morgan fingerprint density at radius 3 is 2.75 bits per heavy atom. The van der Waals surface area contributed by atoms with Gasteiger partial charge in [0.05, 0.1) is 0 Å². The quantitative estimate of drug-likeness (QED) is 0.845. The predicted molar refractivity (Wildman–Crippen MR) is 72.3 cm³/mol. The van der Waals surface area contributed by atoms with Crippen LogP contribution >= 0.6 is 0 Å². The summed E-state index contributed by atoms with van der Waals surface area (Å²) in [6.07, 6.45) is 3.93. The Morgan fingerprint density at radius 1 is 1.50 bits per heavy atom. The molecular formula is C12H19N5O3. The van der Waals surface area contributed by atoms with E-state index in [4.69, 9.17) is 0 Å². The van der Waals surface area contributed by atoms with Crippen LogP contribution in [0.2, 0.25) is 0 Å². The minimum absolute atomic E-state index is 0.0871. The van der Waals surface area contributed by atoms with Crippen LogP contribution in [-0.2, 0) is 0 Å². The van der Waals surface area contributed by atoms with Crippen LogP contribution in [0.25, 0.3) is 0 Å². The topological polar surface area (TPSA) is 90.7 Å². The first-order chi connectivity index (χ1) is 9.51. The first kappa shape index (κ1) is 14.3. The van der Waals surface area contributed by atoms with E-state index in [0.29, 0.717) is 5.82 Å². The molecule has 0 saturated carbocycles. The van der Waals surface area contributed by atoms with Crippen molar-refractivity contribution in [1.82, 2.24) is 20.1 Å². The molecule has 8 nitrogen and oxygen atoms in total. The van der Waals surface area contributed by atoms with E-state index in [9.17, 15) is 14.7 Å². The van der Waals surface area contributed by atoms with Gasteiger partial charge in [0, 0.05) is 13.1 Å². The van der Waals surface area contributed by atoms with Crippen molar-refractivity contribution in [2.75, 3.05) is 12.1 Å². The first-order valence-corrected chi connectivity index (χ1v) is 6.65. The number of rotatable bonds is 5. The Balaban J connectivity index is 2.50. The van der Waals surface area contributed by atoms with Gasteiger partial charge in [-0.05, 0) is 12.8 Å². The van der Waals surface area contributed by atoms with Crippen molar-refractivity contribution < 1.29 is 14.7 Å². The second-order valence-corrected chi connectivity index (χ2v) is 4.75. The molecule has 1 aliphatic heterocycles. The van der Waals surface area contributed by atoms with Gasteiger partial charge in [-0.3, -0.25) is 5.01 Å². The fourth-order valence-corrected chi connectivity index (χ4v) is 2.38. The zero-order valence-electron chi connectivity index (χ0n) is 11.8. The molecule has 2 heterocycles. The van der Waals surface area contributed by atoms with Gasteiger partial charge in [0.25, 0.3) is 0 Å². The Morgan fingerprint density at radius 2 is 2.20 bits per heavy atom. The summed E-state index contributed by atoms with van der Waals surface area (Å²) in [5, 5.41) is 12.3. The van der Waals surface area contributed by atoms with E-state index in [0.717, 1.165) is 19.3 Å². The van der Waals surface area contributed by atoms with Crippen molar-refractivity contribution >= 4 is 17.8 Å². The second-order valence-electron chi connectivity index (χ2n) is 4.75. The van der Waals surface area contributed by atoms with E-state index in [2.05, 4.69) is 17.4 Å². The number of hydrogen-bond donors (Lipinski definition) is 2. The normalized spacial score (nSPS) is 16.2. The number of carbonyl (C=O) groups is 2. The van der Waals surface area contributed by atoms with Crippen LogP contribution in [0, 0.1) is 0 Å². The molecule has 0 fully saturated rings. The molecule has 2 N–H and O–H groups in total. The number of fused-ring (bicyclic) bond motifs is 1. The minimum Gasteiger partial charge on any atom is -0.476 e. The third kappa shape index (κ3) is 2.22. The van der Waals surface area contributed by atoms with Gasteiger partial charge in [-0.1, -0.05) is 20.3 Å². The molecule has 1 aromatic heterocycles. The van der Waals surface area contributed by atoms with Gasteiger partial charge in [0.1, 0.15) is 6.33 Å². The largest absolute Gasteiger partial charge is 0.476 e. The molecule has 1 unspecified atom stereocenters. The molecule has 0 bridgehead atoms. The van der Waals surface area contributed by atoms with E-state index in [1.54, 1.807) is 12.1 Å². The summed E-state index contributed by atoms with van der Waals surface area (Å²) >= 11 is 0. The minimum atomic E-state index is -1.14. The molecule has 0 saturated heterocycles. The molecule has 0 radical (unpaired) electrons. The lowest BCUT2D eigenvalue weighted by atomic mass is 10.1. The number of nitrogens with one attached hydrogen (secondary N) is 1. The van der Waals surface area contributed by atoms with Crippen molar-refractivity contribution in [2.24, 2.45) is 0 Å². The summed E-state index contributed by atoms with van der Waals surface area (Å²) in [6, 6.07) is -0.272. The lowest BCUT2D eigenvalue weighted by Gasteiger charge is -2.40. The Labute approximate surface area is 116 Å². The van der Waals surface area contributed by atoms with Crippen molar-refractivity contribution in [3.05, 3.63) is 12.0 Å². The van der Waals surface area contributed by atoms with Gasteiger partial charge in [-0.25, -0.2) is 24.1 Å². The maximum absolute atomic E-state index is 12.0. The summed E-state index contributed by atoms with van der Waals surface area (Å²) in [6.45, 7) is 4.09. The molecule has 8 heteroatoms. The molecule has 0 aliphatic carbocycles. The summed E-state index contributed by atoms with van der Waals surface area (Å²) < 4.78 is 1.26. The lowest BCUT2D eigenvalue weighted by molar-refractivity contribution is 0.0690. The zero-order valence-corrected chi connectivity index (χ0v) is 11.8. The van der Waals surface area contributed by atoms with Gasteiger partial charge < -0.3 is 5.11 Å².